The van der Waals surface area contributed by atoms with Gasteiger partial charge in [0.15, 0.2) is 5.82 Å². The van der Waals surface area contributed by atoms with Crippen molar-refractivity contribution in [1.82, 2.24) is 25.4 Å². The molecule has 0 bridgehead atoms. The third-order valence-electron chi connectivity index (χ3n) is 6.02. The van der Waals surface area contributed by atoms with E-state index in [2.05, 4.69) is 15.5 Å². The zero-order valence-electron chi connectivity index (χ0n) is 15.0. The zero-order chi connectivity index (χ0) is 18.1. The number of aromatic amines is 1. The molecule has 0 radical (unpaired) electrons. The van der Waals surface area contributed by atoms with Crippen LogP contribution in [0.3, 0.4) is 0 Å². The van der Waals surface area contributed by atoms with Gasteiger partial charge in [0.25, 0.3) is 5.92 Å². The Balaban J connectivity index is 1.39. The molecule has 2 unspecified atom stereocenters. The van der Waals surface area contributed by atoms with Crippen molar-refractivity contribution in [3.8, 4) is 0 Å². The molecule has 3 fully saturated rings. The molecule has 2 N–H and O–H groups in total. The molecule has 3 heterocycles. The highest BCUT2D eigenvalue weighted by Crippen LogP contribution is 2.33. The van der Waals surface area contributed by atoms with Gasteiger partial charge in [-0.15, -0.1) is 0 Å². The highest BCUT2D eigenvalue weighted by molar-refractivity contribution is 5.82. The van der Waals surface area contributed by atoms with E-state index >= 15 is 0 Å². The minimum atomic E-state index is -2.78. The van der Waals surface area contributed by atoms with Crippen molar-refractivity contribution in [3.05, 3.63) is 11.6 Å². The van der Waals surface area contributed by atoms with E-state index < -0.39 is 24.9 Å². The molecule has 1 aromatic heterocycles. The number of rotatable bonds is 3. The first kappa shape index (κ1) is 17.8. The van der Waals surface area contributed by atoms with Gasteiger partial charge in [-0.05, 0) is 25.7 Å². The van der Waals surface area contributed by atoms with E-state index in [1.165, 1.54) is 19.3 Å². The maximum atomic E-state index is 13.4. The summed E-state index contributed by atoms with van der Waals surface area (Å²) >= 11 is 0. The second-order valence-electron chi connectivity index (χ2n) is 8.03. The summed E-state index contributed by atoms with van der Waals surface area (Å²) < 4.78 is 26.8. The van der Waals surface area contributed by atoms with Gasteiger partial charge < -0.3 is 4.90 Å². The van der Waals surface area contributed by atoms with Crippen LogP contribution in [0.15, 0.2) is 0 Å². The van der Waals surface area contributed by atoms with Crippen LogP contribution in [0.4, 0.5) is 8.78 Å². The Bertz CT molecular complexity index is 643. The van der Waals surface area contributed by atoms with Crippen LogP contribution in [0.25, 0.3) is 0 Å². The van der Waals surface area contributed by atoms with E-state index in [1.54, 1.807) is 4.90 Å². The number of nitrogens with zero attached hydrogens (tertiary/aromatic N) is 3. The lowest BCUT2D eigenvalue weighted by molar-refractivity contribution is -0.135. The number of carbonyl (C=O) groups excluding carboxylic acids is 1. The van der Waals surface area contributed by atoms with Gasteiger partial charge in [0.2, 0.25) is 5.91 Å². The number of halogens is 2. The van der Waals surface area contributed by atoms with Crippen LogP contribution in [0.2, 0.25) is 0 Å². The Morgan fingerprint density at radius 3 is 2.62 bits per heavy atom. The molecule has 2 aliphatic heterocycles. The normalized spacial score (nSPS) is 29.8. The molecule has 6 nitrogen and oxygen atoms in total. The topological polar surface area (TPSA) is 73.9 Å². The summed E-state index contributed by atoms with van der Waals surface area (Å²) in [7, 11) is 0. The molecule has 2 saturated heterocycles. The highest BCUT2D eigenvalue weighted by Gasteiger charge is 2.44. The van der Waals surface area contributed by atoms with Gasteiger partial charge in [-0.2, -0.15) is 5.10 Å². The van der Waals surface area contributed by atoms with Gasteiger partial charge in [-0.1, -0.05) is 19.3 Å². The lowest BCUT2D eigenvalue weighted by Crippen LogP contribution is -2.47. The maximum absolute atomic E-state index is 13.4. The largest absolute Gasteiger partial charge is 0.341 e. The lowest BCUT2D eigenvalue weighted by atomic mass is 9.89. The molecule has 8 heteroatoms. The fourth-order valence-electron chi connectivity index (χ4n) is 4.53. The average molecular weight is 367 g/mol. The molecule has 0 aromatic carbocycles. The number of nitrogens with one attached hydrogen (secondary N) is 2. The fraction of sp³-hybridized carbons (Fsp3) is 0.833. The maximum Gasteiger partial charge on any atom is 0.262 e. The Hall–Kier alpha value is -1.57. The van der Waals surface area contributed by atoms with Crippen molar-refractivity contribution < 1.29 is 13.6 Å². The van der Waals surface area contributed by atoms with Gasteiger partial charge in [0.05, 0.1) is 12.6 Å². The number of amides is 1. The van der Waals surface area contributed by atoms with Crippen LogP contribution in [-0.4, -0.2) is 57.6 Å². The Labute approximate surface area is 152 Å². The lowest BCUT2D eigenvalue weighted by Gasteiger charge is -2.33. The van der Waals surface area contributed by atoms with Gasteiger partial charge in [-0.3, -0.25) is 15.2 Å². The summed E-state index contributed by atoms with van der Waals surface area (Å²) in [5.74, 6) is -0.698. The molecular weight excluding hydrogens is 340 g/mol. The van der Waals surface area contributed by atoms with Crippen LogP contribution in [0.1, 0.15) is 74.9 Å². The van der Waals surface area contributed by atoms with E-state index in [1.807, 2.05) is 0 Å². The molecule has 1 saturated carbocycles. The van der Waals surface area contributed by atoms with E-state index in [4.69, 9.17) is 4.98 Å². The fourth-order valence-corrected chi connectivity index (χ4v) is 4.53. The second-order valence-corrected chi connectivity index (χ2v) is 8.03. The third kappa shape index (κ3) is 3.75. The van der Waals surface area contributed by atoms with E-state index in [9.17, 15) is 13.6 Å². The first-order valence-electron chi connectivity index (χ1n) is 9.84. The zero-order valence-corrected chi connectivity index (χ0v) is 15.0. The van der Waals surface area contributed by atoms with Crippen LogP contribution in [0.5, 0.6) is 0 Å². The van der Waals surface area contributed by atoms with E-state index in [-0.39, 0.29) is 11.8 Å². The molecule has 4 rings (SSSR count). The number of piperidine rings is 1. The molecule has 1 aliphatic carbocycles. The minimum absolute atomic E-state index is 0.0863. The molecule has 26 heavy (non-hydrogen) atoms. The molecule has 1 aromatic rings. The SMILES string of the molecule is O=C(C1CC(F)(F)CN1)N1CCCC(c2n[nH]c(C3CCCCC3)n2)C1. The van der Waals surface area contributed by atoms with Gasteiger partial charge in [0.1, 0.15) is 5.82 Å². The molecule has 0 spiro atoms. The second kappa shape index (κ2) is 7.21. The van der Waals surface area contributed by atoms with Crippen LogP contribution >= 0.6 is 0 Å². The van der Waals surface area contributed by atoms with Crippen LogP contribution in [-0.2, 0) is 4.79 Å². The number of H-pyrrole nitrogens is 1. The Kier molecular flexibility index (Phi) is 4.94. The summed E-state index contributed by atoms with van der Waals surface area (Å²) in [6.07, 6.45) is 7.48. The molecular formula is C18H27F2N5O. The number of hydrogen-bond acceptors (Lipinski definition) is 4. The third-order valence-corrected chi connectivity index (χ3v) is 6.02. The predicted octanol–water partition coefficient (Wildman–Crippen LogP) is 2.56. The number of aromatic nitrogens is 3. The van der Waals surface area contributed by atoms with E-state index in [0.29, 0.717) is 19.0 Å². The molecule has 1 amide bonds. The van der Waals surface area contributed by atoms with Crippen molar-refractivity contribution in [2.75, 3.05) is 19.6 Å². The summed E-state index contributed by atoms with van der Waals surface area (Å²) in [6.45, 7) is 0.732. The number of alkyl halides is 2. The summed E-state index contributed by atoms with van der Waals surface area (Å²) in [4.78, 5) is 19.0. The predicted molar refractivity (Wildman–Crippen MR) is 92.1 cm³/mol. The number of hydrogen-bond donors (Lipinski definition) is 2. The first-order chi connectivity index (χ1) is 12.5. The quantitative estimate of drug-likeness (QED) is 0.861. The van der Waals surface area contributed by atoms with Crippen molar-refractivity contribution in [3.63, 3.8) is 0 Å². The number of likely N-dealkylation sites (tertiary alicyclic amines) is 1. The van der Waals surface area contributed by atoms with Crippen molar-refractivity contribution in [2.24, 2.45) is 0 Å². The van der Waals surface area contributed by atoms with Crippen molar-refractivity contribution >= 4 is 5.91 Å². The summed E-state index contributed by atoms with van der Waals surface area (Å²) in [5, 5.41) is 10.2. The summed E-state index contributed by atoms with van der Waals surface area (Å²) in [5.41, 5.74) is 0. The standard InChI is InChI=1S/C18H27F2N5O/c19-18(20)9-14(21-11-18)17(26)25-8-4-7-13(10-25)16-22-15(23-24-16)12-5-2-1-3-6-12/h12-14,21H,1-11H2,(H,22,23,24). The smallest absolute Gasteiger partial charge is 0.262 e. The van der Waals surface area contributed by atoms with Crippen molar-refractivity contribution in [2.45, 2.75) is 75.2 Å². The minimum Gasteiger partial charge on any atom is -0.341 e. The Morgan fingerprint density at radius 2 is 1.88 bits per heavy atom. The molecule has 2 atom stereocenters. The Morgan fingerprint density at radius 1 is 1.12 bits per heavy atom. The van der Waals surface area contributed by atoms with Crippen molar-refractivity contribution in [1.29, 1.82) is 0 Å². The van der Waals surface area contributed by atoms with Crippen LogP contribution < -0.4 is 5.32 Å². The monoisotopic (exact) mass is 367 g/mol. The van der Waals surface area contributed by atoms with Gasteiger partial charge in [0, 0.05) is 31.3 Å². The van der Waals surface area contributed by atoms with Crippen LogP contribution in [0, 0.1) is 0 Å². The molecule has 144 valence electrons. The van der Waals surface area contributed by atoms with E-state index in [0.717, 1.165) is 37.3 Å². The van der Waals surface area contributed by atoms with Gasteiger partial charge in [-0.25, -0.2) is 13.8 Å². The number of carbonyl (C=O) groups is 1. The average Bonchev–Trinajstić information content (AvgIpc) is 3.29. The molecule has 3 aliphatic rings. The summed E-state index contributed by atoms with van der Waals surface area (Å²) in [6, 6.07) is -0.770. The van der Waals surface area contributed by atoms with Gasteiger partial charge >= 0.3 is 0 Å². The first-order valence-corrected chi connectivity index (χ1v) is 9.84. The highest BCUT2D eigenvalue weighted by atomic mass is 19.3.